The van der Waals surface area contributed by atoms with Gasteiger partial charge in [-0.2, -0.15) is 0 Å². The molecule has 0 aromatic carbocycles. The molecular weight excluding hydrogens is 234 g/mol. The van der Waals surface area contributed by atoms with Crippen molar-refractivity contribution in [3.63, 3.8) is 0 Å². The normalized spacial score (nSPS) is 17.0. The number of carbonyl (C=O) groups is 1. The Balaban J connectivity index is 2.12. The average Bonchev–Trinajstić information content (AvgIpc) is 2.81. The van der Waals surface area contributed by atoms with E-state index < -0.39 is 5.97 Å². The molecule has 1 aromatic rings. The Hall–Kier alpha value is -1.03. The minimum atomic E-state index is -0.819. The molecule has 0 radical (unpaired) electrons. The maximum atomic E-state index is 10.9. The van der Waals surface area contributed by atoms with Gasteiger partial charge in [-0.05, 0) is 25.8 Å². The van der Waals surface area contributed by atoms with Gasteiger partial charge in [0.2, 0.25) is 0 Å². The van der Waals surface area contributed by atoms with Crippen molar-refractivity contribution >= 4 is 23.0 Å². The Morgan fingerprint density at radius 1 is 1.47 bits per heavy atom. The van der Waals surface area contributed by atoms with Crippen LogP contribution in [-0.2, 0) is 0 Å². The predicted octanol–water partition coefficient (Wildman–Crippen LogP) is 3.61. The first kappa shape index (κ1) is 12.4. The van der Waals surface area contributed by atoms with Crippen LogP contribution in [0.5, 0.6) is 0 Å². The lowest BCUT2D eigenvalue weighted by Crippen LogP contribution is -2.36. The first-order valence-electron chi connectivity index (χ1n) is 6.31. The predicted molar refractivity (Wildman–Crippen MR) is 71.2 cm³/mol. The molecular formula is C13H19NO2S. The third-order valence-electron chi connectivity index (χ3n) is 3.48. The number of nitrogens with zero attached hydrogens (tertiary/aromatic N) is 1. The van der Waals surface area contributed by atoms with Gasteiger partial charge in [0.05, 0.1) is 0 Å². The van der Waals surface area contributed by atoms with Crippen LogP contribution in [-0.4, -0.2) is 23.7 Å². The summed E-state index contributed by atoms with van der Waals surface area (Å²) in [7, 11) is 0. The van der Waals surface area contributed by atoms with E-state index in [0.717, 1.165) is 12.2 Å². The topological polar surface area (TPSA) is 40.5 Å². The first-order chi connectivity index (χ1) is 8.22. The Labute approximate surface area is 106 Å². The van der Waals surface area contributed by atoms with Crippen molar-refractivity contribution in [3.8, 4) is 0 Å². The number of anilines is 1. The number of hydrogen-bond donors (Lipinski definition) is 1. The molecule has 0 aliphatic heterocycles. The van der Waals surface area contributed by atoms with Crippen LogP contribution in [0.1, 0.15) is 48.7 Å². The molecule has 0 bridgehead atoms. The van der Waals surface area contributed by atoms with E-state index in [1.807, 2.05) is 11.4 Å². The van der Waals surface area contributed by atoms with Gasteiger partial charge in [-0.1, -0.05) is 19.3 Å². The van der Waals surface area contributed by atoms with Crippen LogP contribution in [0.25, 0.3) is 0 Å². The quantitative estimate of drug-likeness (QED) is 0.891. The zero-order valence-electron chi connectivity index (χ0n) is 10.2. The summed E-state index contributed by atoms with van der Waals surface area (Å²) >= 11 is 1.32. The van der Waals surface area contributed by atoms with Gasteiger partial charge in [-0.3, -0.25) is 0 Å². The monoisotopic (exact) mass is 253 g/mol. The summed E-state index contributed by atoms with van der Waals surface area (Å²) in [6.07, 6.45) is 6.43. The molecule has 1 aliphatic carbocycles. The van der Waals surface area contributed by atoms with Gasteiger partial charge in [0.15, 0.2) is 0 Å². The minimum absolute atomic E-state index is 0.439. The largest absolute Gasteiger partial charge is 0.477 e. The molecule has 0 spiro atoms. The van der Waals surface area contributed by atoms with Gasteiger partial charge in [0, 0.05) is 23.7 Å². The van der Waals surface area contributed by atoms with E-state index in [2.05, 4.69) is 11.8 Å². The number of rotatable bonds is 4. The lowest BCUT2D eigenvalue weighted by molar-refractivity contribution is 0.0702. The van der Waals surface area contributed by atoms with Crippen molar-refractivity contribution in [1.82, 2.24) is 0 Å². The van der Waals surface area contributed by atoms with Crippen LogP contribution >= 0.6 is 11.3 Å². The summed E-state index contributed by atoms with van der Waals surface area (Å²) in [5, 5.41) is 10.9. The van der Waals surface area contributed by atoms with Gasteiger partial charge in [0.25, 0.3) is 0 Å². The van der Waals surface area contributed by atoms with Gasteiger partial charge in [0.1, 0.15) is 4.88 Å². The third kappa shape index (κ3) is 2.80. The van der Waals surface area contributed by atoms with Crippen LogP contribution in [0.3, 0.4) is 0 Å². The van der Waals surface area contributed by atoms with Gasteiger partial charge >= 0.3 is 5.97 Å². The number of thiophene rings is 1. The van der Waals surface area contributed by atoms with E-state index in [-0.39, 0.29) is 0 Å². The number of carboxylic acids is 1. The molecule has 1 aromatic heterocycles. The zero-order valence-corrected chi connectivity index (χ0v) is 11.0. The fourth-order valence-corrected chi connectivity index (χ4v) is 3.37. The summed E-state index contributed by atoms with van der Waals surface area (Å²) in [4.78, 5) is 13.7. The molecule has 0 saturated heterocycles. The highest BCUT2D eigenvalue weighted by molar-refractivity contribution is 7.12. The molecule has 0 atom stereocenters. The second-order valence-electron chi connectivity index (χ2n) is 4.55. The first-order valence-corrected chi connectivity index (χ1v) is 7.18. The number of carboxylic acid groups (broad SMARTS) is 1. The molecule has 0 amide bonds. The van der Waals surface area contributed by atoms with Crippen molar-refractivity contribution in [1.29, 1.82) is 0 Å². The summed E-state index contributed by atoms with van der Waals surface area (Å²) in [6, 6.07) is 2.41. The fourth-order valence-electron chi connectivity index (χ4n) is 2.63. The van der Waals surface area contributed by atoms with Crippen LogP contribution in [0, 0.1) is 0 Å². The Morgan fingerprint density at radius 3 is 2.71 bits per heavy atom. The Bertz CT molecular complexity index is 383. The van der Waals surface area contributed by atoms with Gasteiger partial charge in [-0.25, -0.2) is 4.79 Å². The van der Waals surface area contributed by atoms with Crippen molar-refractivity contribution in [2.75, 3.05) is 11.4 Å². The van der Waals surface area contributed by atoms with Crippen molar-refractivity contribution < 1.29 is 9.90 Å². The Morgan fingerprint density at radius 2 is 2.18 bits per heavy atom. The molecule has 0 unspecified atom stereocenters. The lowest BCUT2D eigenvalue weighted by atomic mass is 9.94. The number of aromatic carboxylic acids is 1. The maximum Gasteiger partial charge on any atom is 0.345 e. The van der Waals surface area contributed by atoms with E-state index in [1.54, 1.807) is 0 Å². The molecule has 4 heteroatoms. The van der Waals surface area contributed by atoms with E-state index in [0.29, 0.717) is 10.9 Å². The van der Waals surface area contributed by atoms with Crippen molar-refractivity contribution in [2.24, 2.45) is 0 Å². The number of hydrogen-bond acceptors (Lipinski definition) is 3. The molecule has 1 fully saturated rings. The highest BCUT2D eigenvalue weighted by Crippen LogP contribution is 2.30. The lowest BCUT2D eigenvalue weighted by Gasteiger charge is -2.34. The summed E-state index contributed by atoms with van der Waals surface area (Å²) in [6.45, 7) is 3.10. The summed E-state index contributed by atoms with van der Waals surface area (Å²) in [5.41, 5.74) is 1.09. The second kappa shape index (κ2) is 5.54. The molecule has 2 rings (SSSR count). The SMILES string of the molecule is CCN(c1csc(C(=O)O)c1)C1CCCCC1. The average molecular weight is 253 g/mol. The molecule has 1 aliphatic rings. The molecule has 1 N–H and O–H groups in total. The van der Waals surface area contributed by atoms with E-state index >= 15 is 0 Å². The summed E-state index contributed by atoms with van der Waals surface area (Å²) < 4.78 is 0. The molecule has 1 heterocycles. The highest BCUT2D eigenvalue weighted by atomic mass is 32.1. The van der Waals surface area contributed by atoms with Crippen LogP contribution in [0.4, 0.5) is 5.69 Å². The molecule has 94 valence electrons. The Kier molecular flexibility index (Phi) is 4.05. The van der Waals surface area contributed by atoms with Crippen LogP contribution < -0.4 is 4.90 Å². The molecule has 3 nitrogen and oxygen atoms in total. The standard InChI is InChI=1S/C13H19NO2S/c1-2-14(10-6-4-3-5-7-10)11-8-12(13(15)16)17-9-11/h8-10H,2-7H2,1H3,(H,15,16). The molecule has 17 heavy (non-hydrogen) atoms. The van der Waals surface area contributed by atoms with Crippen LogP contribution in [0.2, 0.25) is 0 Å². The van der Waals surface area contributed by atoms with E-state index in [1.165, 1.54) is 43.4 Å². The van der Waals surface area contributed by atoms with Gasteiger partial charge < -0.3 is 10.0 Å². The zero-order chi connectivity index (χ0) is 12.3. The van der Waals surface area contributed by atoms with E-state index in [4.69, 9.17) is 5.11 Å². The van der Waals surface area contributed by atoms with Gasteiger partial charge in [-0.15, -0.1) is 11.3 Å². The third-order valence-corrected chi connectivity index (χ3v) is 4.39. The second-order valence-corrected chi connectivity index (χ2v) is 5.46. The summed E-state index contributed by atoms with van der Waals surface area (Å²) in [5.74, 6) is -0.819. The highest BCUT2D eigenvalue weighted by Gasteiger charge is 2.21. The van der Waals surface area contributed by atoms with Crippen molar-refractivity contribution in [3.05, 3.63) is 16.3 Å². The van der Waals surface area contributed by atoms with E-state index in [9.17, 15) is 4.79 Å². The van der Waals surface area contributed by atoms with Crippen molar-refractivity contribution in [2.45, 2.75) is 45.1 Å². The fraction of sp³-hybridized carbons (Fsp3) is 0.615. The smallest absolute Gasteiger partial charge is 0.345 e. The minimum Gasteiger partial charge on any atom is -0.477 e. The van der Waals surface area contributed by atoms with Crippen LogP contribution in [0.15, 0.2) is 11.4 Å². The maximum absolute atomic E-state index is 10.9. The molecule has 1 saturated carbocycles.